The topological polar surface area (TPSA) is 129 Å². The molecule has 0 bridgehead atoms. The van der Waals surface area contributed by atoms with Crippen LogP contribution in [-0.2, 0) is 36.8 Å². The summed E-state index contributed by atoms with van der Waals surface area (Å²) in [5.41, 5.74) is 2.64. The molecule has 3 aromatic rings. The van der Waals surface area contributed by atoms with Crippen molar-refractivity contribution in [2.24, 2.45) is 5.92 Å². The zero-order valence-electron chi connectivity index (χ0n) is 23.9. The van der Waals surface area contributed by atoms with Crippen LogP contribution in [0, 0.1) is 5.92 Å². The van der Waals surface area contributed by atoms with Crippen LogP contribution >= 0.6 is 0 Å². The van der Waals surface area contributed by atoms with Crippen molar-refractivity contribution in [3.05, 3.63) is 71.9 Å². The third-order valence-electron chi connectivity index (χ3n) is 7.69. The fraction of sp³-hybridized carbons (Fsp3) is 0.438. The average Bonchev–Trinajstić information content (AvgIpc) is 3.37. The van der Waals surface area contributed by atoms with Crippen molar-refractivity contribution in [3.8, 4) is 0 Å². The summed E-state index contributed by atoms with van der Waals surface area (Å²) in [6, 6.07) is 14.2. The standard InChI is InChI=1S/C32H40N4O5/c1-4-5-11-20(2)28-18-29(37)35-26(17-23-19-33-25-15-10-9-14-24(23)25)31(39)34-21(3)30(38)36-27(32(40)41-28)16-22-12-7-6-8-13-22/h6-10,12-15,19-21,26-28,33H,4-5,11,16-18H2,1-3H3,(H,34,39)(H,35,37)(H,36,38)/t20-,21-,26-,27+,28-/m0/s1. The summed E-state index contributed by atoms with van der Waals surface area (Å²) in [5, 5.41) is 9.33. The Balaban J connectivity index is 1.63. The van der Waals surface area contributed by atoms with Gasteiger partial charge in [0, 0.05) is 29.9 Å². The zero-order chi connectivity index (χ0) is 29.4. The number of fused-ring (bicyclic) bond motifs is 1. The van der Waals surface area contributed by atoms with Crippen LogP contribution in [0.4, 0.5) is 0 Å². The first-order chi connectivity index (χ1) is 19.7. The molecule has 3 amide bonds. The lowest BCUT2D eigenvalue weighted by Gasteiger charge is -2.27. The molecular formula is C32H40N4O5. The van der Waals surface area contributed by atoms with Crippen LogP contribution < -0.4 is 16.0 Å². The fourth-order valence-electron chi connectivity index (χ4n) is 5.19. The Morgan fingerprint density at radius 1 is 0.878 bits per heavy atom. The van der Waals surface area contributed by atoms with Gasteiger partial charge >= 0.3 is 5.97 Å². The maximum absolute atomic E-state index is 13.5. The van der Waals surface area contributed by atoms with Gasteiger partial charge in [0.2, 0.25) is 17.7 Å². The maximum Gasteiger partial charge on any atom is 0.329 e. The van der Waals surface area contributed by atoms with Crippen molar-refractivity contribution < 1.29 is 23.9 Å². The second-order valence-electron chi connectivity index (χ2n) is 11.0. The molecule has 0 spiro atoms. The van der Waals surface area contributed by atoms with Gasteiger partial charge in [-0.25, -0.2) is 4.79 Å². The number of benzene rings is 2. The molecule has 2 aromatic carbocycles. The average molecular weight is 561 g/mol. The summed E-state index contributed by atoms with van der Waals surface area (Å²) < 4.78 is 5.96. The van der Waals surface area contributed by atoms with E-state index in [1.54, 1.807) is 6.92 Å². The third kappa shape index (κ3) is 7.96. The van der Waals surface area contributed by atoms with Gasteiger partial charge in [0.1, 0.15) is 24.2 Å². The molecule has 2 heterocycles. The molecule has 218 valence electrons. The van der Waals surface area contributed by atoms with Gasteiger partial charge in [0.15, 0.2) is 0 Å². The molecule has 41 heavy (non-hydrogen) atoms. The van der Waals surface area contributed by atoms with Crippen molar-refractivity contribution >= 4 is 34.6 Å². The number of nitrogens with one attached hydrogen (secondary N) is 4. The molecule has 1 aliphatic rings. The number of aromatic nitrogens is 1. The molecule has 9 nitrogen and oxygen atoms in total. The van der Waals surface area contributed by atoms with Gasteiger partial charge in [-0.15, -0.1) is 0 Å². The number of cyclic esters (lactones) is 1. The minimum Gasteiger partial charge on any atom is -0.460 e. The minimum atomic E-state index is -0.976. The van der Waals surface area contributed by atoms with Gasteiger partial charge in [-0.2, -0.15) is 0 Å². The molecular weight excluding hydrogens is 520 g/mol. The highest BCUT2D eigenvalue weighted by Crippen LogP contribution is 2.22. The number of hydrogen-bond donors (Lipinski definition) is 4. The predicted molar refractivity (Wildman–Crippen MR) is 157 cm³/mol. The number of H-pyrrole nitrogens is 1. The number of ether oxygens (including phenoxy) is 1. The molecule has 0 saturated carbocycles. The molecule has 4 N–H and O–H groups in total. The molecule has 1 aliphatic heterocycles. The summed E-state index contributed by atoms with van der Waals surface area (Å²) in [5.74, 6) is -2.08. The van der Waals surface area contributed by atoms with E-state index in [1.165, 1.54) is 0 Å². The Morgan fingerprint density at radius 2 is 1.61 bits per heavy atom. The molecule has 0 aliphatic carbocycles. The number of esters is 1. The van der Waals surface area contributed by atoms with Crippen LogP contribution in [0.3, 0.4) is 0 Å². The number of carbonyl (C=O) groups excluding carboxylic acids is 4. The molecule has 4 rings (SSSR count). The van der Waals surface area contributed by atoms with Gasteiger partial charge < -0.3 is 25.7 Å². The highest BCUT2D eigenvalue weighted by atomic mass is 16.5. The first-order valence-electron chi connectivity index (χ1n) is 14.4. The molecule has 0 radical (unpaired) electrons. The van der Waals surface area contributed by atoms with Gasteiger partial charge in [0.25, 0.3) is 0 Å². The predicted octanol–water partition coefficient (Wildman–Crippen LogP) is 3.57. The molecule has 1 fully saturated rings. The van der Waals surface area contributed by atoms with Gasteiger partial charge in [0.05, 0.1) is 6.42 Å². The van der Waals surface area contributed by atoms with E-state index in [-0.39, 0.29) is 25.2 Å². The van der Waals surface area contributed by atoms with Crippen molar-refractivity contribution in [1.29, 1.82) is 0 Å². The SMILES string of the molecule is CCCC[C@H](C)[C@@H]1CC(=O)N[C@@H](Cc2c[nH]c3ccccc23)C(=O)N[C@@H](C)C(=O)N[C@H](Cc2ccccc2)C(=O)O1. The van der Waals surface area contributed by atoms with E-state index >= 15 is 0 Å². The smallest absolute Gasteiger partial charge is 0.329 e. The Labute approximate surface area is 240 Å². The van der Waals surface area contributed by atoms with Gasteiger partial charge in [-0.3, -0.25) is 14.4 Å². The maximum atomic E-state index is 13.5. The lowest BCUT2D eigenvalue weighted by Crippen LogP contribution is -2.55. The van der Waals surface area contributed by atoms with Gasteiger partial charge in [-0.1, -0.05) is 75.2 Å². The Morgan fingerprint density at radius 3 is 2.37 bits per heavy atom. The number of unbranched alkanes of at least 4 members (excludes halogenated alkanes) is 1. The number of para-hydroxylation sites is 1. The zero-order valence-corrected chi connectivity index (χ0v) is 23.9. The number of aromatic amines is 1. The fourth-order valence-corrected chi connectivity index (χ4v) is 5.19. The number of carbonyl (C=O) groups is 4. The molecule has 1 aromatic heterocycles. The Bertz CT molecular complexity index is 1350. The summed E-state index contributed by atoms with van der Waals surface area (Å²) in [6.45, 7) is 5.59. The van der Waals surface area contributed by atoms with Crippen LogP contribution in [0.25, 0.3) is 10.9 Å². The molecule has 9 heteroatoms. The highest BCUT2D eigenvalue weighted by molar-refractivity contribution is 5.94. The molecule has 5 atom stereocenters. The monoisotopic (exact) mass is 560 g/mol. The van der Waals surface area contributed by atoms with E-state index in [9.17, 15) is 19.2 Å². The number of rotatable bonds is 8. The van der Waals surface area contributed by atoms with E-state index in [4.69, 9.17) is 4.74 Å². The summed E-state index contributed by atoms with van der Waals surface area (Å²) in [7, 11) is 0. The lowest BCUT2D eigenvalue weighted by molar-refractivity contribution is -0.157. The van der Waals surface area contributed by atoms with E-state index < -0.39 is 47.9 Å². The second kappa shape index (κ2) is 14.0. The first kappa shape index (κ1) is 29.8. The normalized spacial score (nSPS) is 23.3. The second-order valence-corrected chi connectivity index (χ2v) is 11.0. The van der Waals surface area contributed by atoms with Crippen LogP contribution in [-0.4, -0.2) is 52.9 Å². The highest BCUT2D eigenvalue weighted by Gasteiger charge is 2.33. The van der Waals surface area contributed by atoms with E-state index in [0.717, 1.165) is 41.3 Å². The summed E-state index contributed by atoms with van der Waals surface area (Å²) in [4.78, 5) is 56.7. The van der Waals surface area contributed by atoms with E-state index in [1.807, 2.05) is 67.7 Å². The van der Waals surface area contributed by atoms with Crippen LogP contribution in [0.15, 0.2) is 60.8 Å². The van der Waals surface area contributed by atoms with E-state index in [2.05, 4.69) is 27.9 Å². The van der Waals surface area contributed by atoms with Crippen molar-refractivity contribution in [3.63, 3.8) is 0 Å². The van der Waals surface area contributed by atoms with E-state index in [0.29, 0.717) is 0 Å². The number of amides is 3. The Hall–Kier alpha value is -4.14. The molecule has 0 unspecified atom stereocenters. The van der Waals surface area contributed by atoms with Crippen molar-refractivity contribution in [1.82, 2.24) is 20.9 Å². The Kier molecular flexibility index (Phi) is 10.2. The quantitative estimate of drug-likeness (QED) is 0.313. The summed E-state index contributed by atoms with van der Waals surface area (Å²) in [6.07, 6.45) is 4.13. The van der Waals surface area contributed by atoms with Crippen LogP contribution in [0.1, 0.15) is 57.6 Å². The summed E-state index contributed by atoms with van der Waals surface area (Å²) >= 11 is 0. The van der Waals surface area contributed by atoms with Crippen molar-refractivity contribution in [2.75, 3.05) is 0 Å². The van der Waals surface area contributed by atoms with Crippen molar-refractivity contribution in [2.45, 2.75) is 83.5 Å². The van der Waals surface area contributed by atoms with Crippen LogP contribution in [0.2, 0.25) is 0 Å². The lowest BCUT2D eigenvalue weighted by atomic mass is 9.95. The first-order valence-corrected chi connectivity index (χ1v) is 14.4. The third-order valence-corrected chi connectivity index (χ3v) is 7.69. The molecule has 1 saturated heterocycles. The number of hydrogen-bond acceptors (Lipinski definition) is 5. The van der Waals surface area contributed by atoms with Gasteiger partial charge in [-0.05, 0) is 36.5 Å². The minimum absolute atomic E-state index is 0.0875. The van der Waals surface area contributed by atoms with Crippen LogP contribution in [0.5, 0.6) is 0 Å². The largest absolute Gasteiger partial charge is 0.460 e.